The summed E-state index contributed by atoms with van der Waals surface area (Å²) in [6, 6.07) is 1.89. The standard InChI is InChI=1S/C12H20N4O/c1-2-13-12-14-6-5-11(16-12)15-8-10-4-3-7-17-9-10/h5-6,10H,2-4,7-9H2,1H3,(H2,13,14,15,16). The van der Waals surface area contributed by atoms with Crippen LogP contribution in [0.4, 0.5) is 11.8 Å². The number of ether oxygens (including phenoxy) is 1. The number of nitrogens with zero attached hydrogens (tertiary/aromatic N) is 2. The summed E-state index contributed by atoms with van der Waals surface area (Å²) in [6.45, 7) is 5.55. The topological polar surface area (TPSA) is 59.1 Å². The highest BCUT2D eigenvalue weighted by molar-refractivity contribution is 5.39. The molecule has 0 aliphatic carbocycles. The van der Waals surface area contributed by atoms with Gasteiger partial charge in [0, 0.05) is 25.9 Å². The van der Waals surface area contributed by atoms with Gasteiger partial charge in [-0.2, -0.15) is 4.98 Å². The Labute approximate surface area is 102 Å². The van der Waals surface area contributed by atoms with Gasteiger partial charge in [0.1, 0.15) is 5.82 Å². The van der Waals surface area contributed by atoms with Gasteiger partial charge in [0.2, 0.25) is 5.95 Å². The van der Waals surface area contributed by atoms with Crippen LogP contribution in [-0.4, -0.2) is 36.3 Å². The molecular formula is C12H20N4O. The molecule has 2 heterocycles. The summed E-state index contributed by atoms with van der Waals surface area (Å²) in [7, 11) is 0. The van der Waals surface area contributed by atoms with Crippen LogP contribution < -0.4 is 10.6 Å². The first-order valence-electron chi connectivity index (χ1n) is 6.27. The van der Waals surface area contributed by atoms with Gasteiger partial charge in [-0.15, -0.1) is 0 Å². The van der Waals surface area contributed by atoms with E-state index in [1.165, 1.54) is 12.8 Å². The van der Waals surface area contributed by atoms with Crippen molar-refractivity contribution in [2.24, 2.45) is 5.92 Å². The van der Waals surface area contributed by atoms with Crippen molar-refractivity contribution in [1.29, 1.82) is 0 Å². The summed E-state index contributed by atoms with van der Waals surface area (Å²) < 4.78 is 5.45. The fourth-order valence-corrected chi connectivity index (χ4v) is 1.92. The molecule has 1 aromatic heterocycles. The average molecular weight is 236 g/mol. The summed E-state index contributed by atoms with van der Waals surface area (Å²) in [5, 5.41) is 6.44. The van der Waals surface area contributed by atoms with Gasteiger partial charge in [-0.25, -0.2) is 4.98 Å². The Balaban J connectivity index is 1.83. The molecule has 0 saturated carbocycles. The fraction of sp³-hybridized carbons (Fsp3) is 0.667. The molecule has 1 aliphatic heterocycles. The van der Waals surface area contributed by atoms with Gasteiger partial charge in [0.05, 0.1) is 6.61 Å². The van der Waals surface area contributed by atoms with Gasteiger partial charge in [-0.1, -0.05) is 0 Å². The second-order valence-electron chi connectivity index (χ2n) is 4.26. The van der Waals surface area contributed by atoms with Gasteiger partial charge in [-0.05, 0) is 31.7 Å². The molecule has 1 unspecified atom stereocenters. The number of hydrogen-bond donors (Lipinski definition) is 2. The number of rotatable bonds is 5. The van der Waals surface area contributed by atoms with Crippen LogP contribution in [0.25, 0.3) is 0 Å². The van der Waals surface area contributed by atoms with Gasteiger partial charge >= 0.3 is 0 Å². The highest BCUT2D eigenvalue weighted by Gasteiger charge is 2.13. The van der Waals surface area contributed by atoms with Crippen molar-refractivity contribution < 1.29 is 4.74 Å². The molecule has 0 radical (unpaired) electrons. The molecule has 1 fully saturated rings. The minimum atomic E-state index is 0.598. The first kappa shape index (κ1) is 12.1. The quantitative estimate of drug-likeness (QED) is 0.815. The predicted molar refractivity (Wildman–Crippen MR) is 68.2 cm³/mol. The summed E-state index contributed by atoms with van der Waals surface area (Å²) in [5.74, 6) is 2.15. The average Bonchev–Trinajstić information content (AvgIpc) is 2.39. The molecule has 94 valence electrons. The summed E-state index contributed by atoms with van der Waals surface area (Å²) >= 11 is 0. The van der Waals surface area contributed by atoms with Crippen molar-refractivity contribution in [2.45, 2.75) is 19.8 Å². The normalized spacial score (nSPS) is 19.9. The van der Waals surface area contributed by atoms with E-state index in [-0.39, 0.29) is 0 Å². The molecule has 0 spiro atoms. The molecule has 0 bridgehead atoms. The summed E-state index contributed by atoms with van der Waals surface area (Å²) in [4.78, 5) is 8.51. The number of anilines is 2. The molecular weight excluding hydrogens is 216 g/mol. The van der Waals surface area contributed by atoms with Crippen molar-refractivity contribution in [3.63, 3.8) is 0 Å². The Bertz CT molecular complexity index is 339. The second kappa shape index (κ2) is 6.39. The Hall–Kier alpha value is -1.36. The Morgan fingerprint density at radius 2 is 2.41 bits per heavy atom. The maximum atomic E-state index is 5.45. The zero-order valence-electron chi connectivity index (χ0n) is 10.3. The minimum absolute atomic E-state index is 0.598. The van der Waals surface area contributed by atoms with E-state index in [0.717, 1.165) is 32.1 Å². The fourth-order valence-electron chi connectivity index (χ4n) is 1.92. The minimum Gasteiger partial charge on any atom is -0.381 e. The molecule has 5 heteroatoms. The van der Waals surface area contributed by atoms with Gasteiger partial charge in [-0.3, -0.25) is 0 Å². The molecule has 17 heavy (non-hydrogen) atoms. The summed E-state index contributed by atoms with van der Waals surface area (Å²) in [5.41, 5.74) is 0. The van der Waals surface area contributed by atoms with E-state index >= 15 is 0 Å². The monoisotopic (exact) mass is 236 g/mol. The molecule has 1 aromatic rings. The van der Waals surface area contributed by atoms with Gasteiger partial charge in [0.25, 0.3) is 0 Å². The van der Waals surface area contributed by atoms with Crippen LogP contribution in [0.1, 0.15) is 19.8 Å². The second-order valence-corrected chi connectivity index (χ2v) is 4.26. The molecule has 0 amide bonds. The number of nitrogens with one attached hydrogen (secondary N) is 2. The Morgan fingerprint density at radius 3 is 3.18 bits per heavy atom. The van der Waals surface area contributed by atoms with Crippen molar-refractivity contribution in [2.75, 3.05) is 36.9 Å². The third-order valence-electron chi connectivity index (χ3n) is 2.82. The maximum Gasteiger partial charge on any atom is 0.224 e. The van der Waals surface area contributed by atoms with Crippen molar-refractivity contribution in [3.05, 3.63) is 12.3 Å². The van der Waals surface area contributed by atoms with Crippen LogP contribution >= 0.6 is 0 Å². The lowest BCUT2D eigenvalue weighted by Gasteiger charge is -2.22. The Kier molecular flexibility index (Phi) is 4.55. The van der Waals surface area contributed by atoms with E-state index in [1.54, 1.807) is 6.20 Å². The number of hydrogen-bond acceptors (Lipinski definition) is 5. The van der Waals surface area contributed by atoms with E-state index in [4.69, 9.17) is 4.74 Å². The van der Waals surface area contributed by atoms with Crippen molar-refractivity contribution >= 4 is 11.8 Å². The largest absolute Gasteiger partial charge is 0.381 e. The lowest BCUT2D eigenvalue weighted by Crippen LogP contribution is -2.24. The molecule has 0 aromatic carbocycles. The molecule has 2 rings (SSSR count). The first-order chi connectivity index (χ1) is 8.38. The van der Waals surface area contributed by atoms with E-state index in [2.05, 4.69) is 20.6 Å². The van der Waals surface area contributed by atoms with Gasteiger partial charge in [0.15, 0.2) is 0 Å². The van der Waals surface area contributed by atoms with Gasteiger partial charge < -0.3 is 15.4 Å². The van der Waals surface area contributed by atoms with Crippen LogP contribution in [0, 0.1) is 5.92 Å². The highest BCUT2D eigenvalue weighted by Crippen LogP contribution is 2.14. The van der Waals surface area contributed by atoms with Crippen LogP contribution in [0.2, 0.25) is 0 Å². The zero-order valence-corrected chi connectivity index (χ0v) is 10.3. The van der Waals surface area contributed by atoms with E-state index < -0.39 is 0 Å². The zero-order chi connectivity index (χ0) is 11.9. The lowest BCUT2D eigenvalue weighted by atomic mass is 10.0. The molecule has 1 saturated heterocycles. The number of aromatic nitrogens is 2. The third kappa shape index (κ3) is 3.85. The molecule has 2 N–H and O–H groups in total. The smallest absolute Gasteiger partial charge is 0.224 e. The predicted octanol–water partition coefficient (Wildman–Crippen LogP) is 1.75. The highest BCUT2D eigenvalue weighted by atomic mass is 16.5. The van der Waals surface area contributed by atoms with Crippen molar-refractivity contribution in [3.8, 4) is 0 Å². The van der Waals surface area contributed by atoms with Crippen LogP contribution in [0.3, 0.4) is 0 Å². The van der Waals surface area contributed by atoms with Crippen LogP contribution in [-0.2, 0) is 4.74 Å². The molecule has 5 nitrogen and oxygen atoms in total. The lowest BCUT2D eigenvalue weighted by molar-refractivity contribution is 0.0595. The van der Waals surface area contributed by atoms with Crippen molar-refractivity contribution in [1.82, 2.24) is 9.97 Å². The van der Waals surface area contributed by atoms with Crippen LogP contribution in [0.15, 0.2) is 12.3 Å². The van der Waals surface area contributed by atoms with E-state index in [1.807, 2.05) is 13.0 Å². The summed E-state index contributed by atoms with van der Waals surface area (Å²) in [6.07, 6.45) is 4.17. The van der Waals surface area contributed by atoms with E-state index in [0.29, 0.717) is 11.9 Å². The molecule has 1 atom stereocenters. The Morgan fingerprint density at radius 1 is 1.47 bits per heavy atom. The third-order valence-corrected chi connectivity index (χ3v) is 2.82. The molecule has 1 aliphatic rings. The van der Waals surface area contributed by atoms with E-state index in [9.17, 15) is 0 Å². The SMILES string of the molecule is CCNc1nccc(NCC2CCCOC2)n1. The van der Waals surface area contributed by atoms with Crippen LogP contribution in [0.5, 0.6) is 0 Å². The maximum absolute atomic E-state index is 5.45. The first-order valence-corrected chi connectivity index (χ1v) is 6.27.